The van der Waals surface area contributed by atoms with Crippen molar-refractivity contribution >= 4 is 11.7 Å². The van der Waals surface area contributed by atoms with E-state index in [1.165, 1.54) is 6.33 Å². The average molecular weight is 274 g/mol. The monoisotopic (exact) mass is 274 g/mol. The standard InChI is InChI=1S/C14H18N4O2/c1-2-8-18-13(15-11-16-18)9-17(10-14(19)20)12-6-4-3-5-7-12/h3-7,11H,2,8-10H2,1H3,(H,19,20). The van der Waals surface area contributed by atoms with Gasteiger partial charge in [-0.1, -0.05) is 25.1 Å². The Bertz CT molecular complexity index is 553. The molecule has 20 heavy (non-hydrogen) atoms. The Morgan fingerprint density at radius 3 is 2.75 bits per heavy atom. The van der Waals surface area contributed by atoms with Gasteiger partial charge in [-0.15, -0.1) is 0 Å². The van der Waals surface area contributed by atoms with Crippen molar-refractivity contribution in [3.63, 3.8) is 0 Å². The Morgan fingerprint density at radius 2 is 2.10 bits per heavy atom. The molecule has 1 aromatic carbocycles. The third-order valence-corrected chi connectivity index (χ3v) is 2.91. The molecule has 0 radical (unpaired) electrons. The molecule has 0 saturated heterocycles. The molecular formula is C14H18N4O2. The number of aliphatic carboxylic acids is 1. The van der Waals surface area contributed by atoms with Gasteiger partial charge in [-0.25, -0.2) is 9.67 Å². The molecule has 2 aromatic rings. The highest BCUT2D eigenvalue weighted by molar-refractivity contribution is 5.73. The molecule has 0 atom stereocenters. The number of benzene rings is 1. The van der Waals surface area contributed by atoms with Gasteiger partial charge >= 0.3 is 5.97 Å². The quantitative estimate of drug-likeness (QED) is 0.833. The van der Waals surface area contributed by atoms with Crippen LogP contribution in [0.1, 0.15) is 19.2 Å². The molecule has 1 heterocycles. The summed E-state index contributed by atoms with van der Waals surface area (Å²) in [6.07, 6.45) is 2.47. The van der Waals surface area contributed by atoms with E-state index in [4.69, 9.17) is 5.11 Å². The minimum Gasteiger partial charge on any atom is -0.480 e. The lowest BCUT2D eigenvalue weighted by Crippen LogP contribution is -2.30. The third-order valence-electron chi connectivity index (χ3n) is 2.91. The van der Waals surface area contributed by atoms with Crippen molar-refractivity contribution in [2.24, 2.45) is 0 Å². The van der Waals surface area contributed by atoms with Crippen LogP contribution in [-0.2, 0) is 17.9 Å². The molecule has 0 unspecified atom stereocenters. The number of carbonyl (C=O) groups is 1. The number of nitrogens with zero attached hydrogens (tertiary/aromatic N) is 4. The fourth-order valence-electron chi connectivity index (χ4n) is 2.02. The van der Waals surface area contributed by atoms with E-state index in [1.54, 1.807) is 4.90 Å². The number of hydrogen-bond acceptors (Lipinski definition) is 4. The predicted molar refractivity (Wildman–Crippen MR) is 75.4 cm³/mol. The summed E-state index contributed by atoms with van der Waals surface area (Å²) in [5.41, 5.74) is 0.862. The highest BCUT2D eigenvalue weighted by Gasteiger charge is 2.14. The number of aromatic nitrogens is 3. The Hall–Kier alpha value is -2.37. The minimum atomic E-state index is -0.865. The Kier molecular flexibility index (Phi) is 4.70. The van der Waals surface area contributed by atoms with Crippen LogP contribution in [0.25, 0.3) is 0 Å². The van der Waals surface area contributed by atoms with E-state index in [-0.39, 0.29) is 6.54 Å². The zero-order valence-corrected chi connectivity index (χ0v) is 11.4. The second-order valence-electron chi connectivity index (χ2n) is 4.48. The molecule has 0 aliphatic carbocycles. The Morgan fingerprint density at radius 1 is 1.35 bits per heavy atom. The van der Waals surface area contributed by atoms with E-state index in [0.717, 1.165) is 24.5 Å². The fourth-order valence-corrected chi connectivity index (χ4v) is 2.02. The van der Waals surface area contributed by atoms with Crippen molar-refractivity contribution in [1.29, 1.82) is 0 Å². The maximum Gasteiger partial charge on any atom is 0.323 e. The first-order chi connectivity index (χ1) is 9.70. The molecule has 1 aromatic heterocycles. The summed E-state index contributed by atoms with van der Waals surface area (Å²) in [5, 5.41) is 13.2. The van der Waals surface area contributed by atoms with Crippen molar-refractivity contribution in [2.45, 2.75) is 26.4 Å². The molecule has 6 nitrogen and oxygen atoms in total. The predicted octanol–water partition coefficient (Wildman–Crippen LogP) is 1.78. The maximum atomic E-state index is 11.0. The molecule has 2 rings (SSSR count). The molecular weight excluding hydrogens is 256 g/mol. The zero-order chi connectivity index (χ0) is 14.4. The van der Waals surface area contributed by atoms with Crippen molar-refractivity contribution in [3.05, 3.63) is 42.5 Å². The molecule has 106 valence electrons. The van der Waals surface area contributed by atoms with Gasteiger partial charge in [0.25, 0.3) is 0 Å². The zero-order valence-electron chi connectivity index (χ0n) is 11.4. The SMILES string of the molecule is CCCn1ncnc1CN(CC(=O)O)c1ccccc1. The number of para-hydroxylation sites is 1. The number of carboxylic acids is 1. The van der Waals surface area contributed by atoms with Gasteiger partial charge in [-0.3, -0.25) is 4.79 Å². The number of hydrogen-bond donors (Lipinski definition) is 1. The van der Waals surface area contributed by atoms with Crippen LogP contribution in [0.2, 0.25) is 0 Å². The lowest BCUT2D eigenvalue weighted by Gasteiger charge is -2.22. The molecule has 0 spiro atoms. The second-order valence-corrected chi connectivity index (χ2v) is 4.48. The summed E-state index contributed by atoms with van der Waals surface area (Å²) in [6, 6.07) is 9.47. The summed E-state index contributed by atoms with van der Waals surface area (Å²) >= 11 is 0. The minimum absolute atomic E-state index is 0.0665. The van der Waals surface area contributed by atoms with Gasteiger partial charge in [-0.2, -0.15) is 5.10 Å². The smallest absolute Gasteiger partial charge is 0.323 e. The Labute approximate surface area is 117 Å². The van der Waals surface area contributed by atoms with E-state index < -0.39 is 5.97 Å². The first-order valence-electron chi connectivity index (χ1n) is 6.59. The molecule has 1 N–H and O–H groups in total. The highest BCUT2D eigenvalue weighted by Crippen LogP contribution is 2.15. The first kappa shape index (κ1) is 14.0. The van der Waals surface area contributed by atoms with E-state index in [1.807, 2.05) is 35.0 Å². The number of carboxylic acid groups (broad SMARTS) is 1. The van der Waals surface area contributed by atoms with Crippen molar-refractivity contribution in [1.82, 2.24) is 14.8 Å². The normalized spacial score (nSPS) is 10.4. The second kappa shape index (κ2) is 6.70. The summed E-state index contributed by atoms with van der Waals surface area (Å²) in [4.78, 5) is 17.0. The summed E-state index contributed by atoms with van der Waals surface area (Å²) < 4.78 is 1.82. The summed E-state index contributed by atoms with van der Waals surface area (Å²) in [6.45, 7) is 3.21. The van der Waals surface area contributed by atoms with Gasteiger partial charge in [0.2, 0.25) is 0 Å². The van der Waals surface area contributed by atoms with Crippen LogP contribution in [0, 0.1) is 0 Å². The summed E-state index contributed by atoms with van der Waals surface area (Å²) in [5.74, 6) is -0.0904. The molecule has 0 saturated carbocycles. The average Bonchev–Trinajstić information content (AvgIpc) is 2.86. The molecule has 0 aliphatic heterocycles. The topological polar surface area (TPSA) is 71.2 Å². The van der Waals surface area contributed by atoms with Crippen molar-refractivity contribution in [3.8, 4) is 0 Å². The molecule has 0 fully saturated rings. The highest BCUT2D eigenvalue weighted by atomic mass is 16.4. The molecule has 0 amide bonds. The van der Waals surface area contributed by atoms with E-state index in [2.05, 4.69) is 17.0 Å². The van der Waals surface area contributed by atoms with Crippen LogP contribution in [0.4, 0.5) is 5.69 Å². The van der Waals surface area contributed by atoms with E-state index in [9.17, 15) is 4.79 Å². The summed E-state index contributed by atoms with van der Waals surface area (Å²) in [7, 11) is 0. The van der Waals surface area contributed by atoms with Crippen molar-refractivity contribution < 1.29 is 9.90 Å². The van der Waals surface area contributed by atoms with Crippen LogP contribution in [0.5, 0.6) is 0 Å². The van der Waals surface area contributed by atoms with Gasteiger partial charge in [0.1, 0.15) is 18.7 Å². The van der Waals surface area contributed by atoms with Gasteiger partial charge in [0.15, 0.2) is 0 Å². The fraction of sp³-hybridized carbons (Fsp3) is 0.357. The maximum absolute atomic E-state index is 11.0. The molecule has 0 aliphatic rings. The molecule has 0 bridgehead atoms. The van der Waals surface area contributed by atoms with Gasteiger partial charge in [0.05, 0.1) is 6.54 Å². The van der Waals surface area contributed by atoms with Crippen LogP contribution >= 0.6 is 0 Å². The van der Waals surface area contributed by atoms with Crippen LogP contribution in [0.15, 0.2) is 36.7 Å². The third kappa shape index (κ3) is 3.57. The van der Waals surface area contributed by atoms with Gasteiger partial charge in [-0.05, 0) is 18.6 Å². The number of rotatable bonds is 7. The van der Waals surface area contributed by atoms with Gasteiger partial charge < -0.3 is 10.0 Å². The largest absolute Gasteiger partial charge is 0.480 e. The number of anilines is 1. The van der Waals surface area contributed by atoms with E-state index >= 15 is 0 Å². The lowest BCUT2D eigenvalue weighted by molar-refractivity contribution is -0.135. The lowest BCUT2D eigenvalue weighted by atomic mass is 10.3. The van der Waals surface area contributed by atoms with Crippen LogP contribution < -0.4 is 4.90 Å². The number of aryl methyl sites for hydroxylation is 1. The van der Waals surface area contributed by atoms with Gasteiger partial charge in [0, 0.05) is 12.2 Å². The van der Waals surface area contributed by atoms with Crippen LogP contribution in [-0.4, -0.2) is 32.4 Å². The first-order valence-corrected chi connectivity index (χ1v) is 6.59. The van der Waals surface area contributed by atoms with E-state index in [0.29, 0.717) is 6.54 Å². The van der Waals surface area contributed by atoms with Crippen molar-refractivity contribution in [2.75, 3.05) is 11.4 Å². The Balaban J connectivity index is 2.19. The van der Waals surface area contributed by atoms with Crippen LogP contribution in [0.3, 0.4) is 0 Å². The molecule has 6 heteroatoms.